The summed E-state index contributed by atoms with van der Waals surface area (Å²) in [6.07, 6.45) is 7.36. The van der Waals surface area contributed by atoms with Gasteiger partial charge in [0, 0.05) is 12.5 Å². The van der Waals surface area contributed by atoms with E-state index in [-0.39, 0.29) is 0 Å². The van der Waals surface area contributed by atoms with E-state index in [0.29, 0.717) is 23.7 Å². The van der Waals surface area contributed by atoms with Crippen molar-refractivity contribution in [2.24, 2.45) is 17.8 Å². The predicted molar refractivity (Wildman–Crippen MR) is 75.6 cm³/mol. The van der Waals surface area contributed by atoms with E-state index in [1.165, 1.54) is 32.1 Å². The molecule has 2 nitrogen and oxygen atoms in total. The second kappa shape index (κ2) is 6.18. The lowest BCUT2D eigenvalue weighted by Crippen LogP contribution is -2.44. The van der Waals surface area contributed by atoms with Crippen LogP contribution in [0.1, 0.15) is 59.3 Å². The SMILES string of the molecule is CC1CCC(N2CCC(C)C(C)CC(=O)C2)CC1. The summed E-state index contributed by atoms with van der Waals surface area (Å²) in [7, 11) is 0. The first kappa shape index (κ1) is 14.0. The van der Waals surface area contributed by atoms with Gasteiger partial charge in [0.25, 0.3) is 0 Å². The van der Waals surface area contributed by atoms with Gasteiger partial charge in [0.15, 0.2) is 0 Å². The zero-order chi connectivity index (χ0) is 13.1. The number of hydrogen-bond acceptors (Lipinski definition) is 2. The predicted octanol–water partition coefficient (Wildman–Crippen LogP) is 3.50. The van der Waals surface area contributed by atoms with Crippen molar-refractivity contribution in [2.45, 2.75) is 65.3 Å². The number of carbonyl (C=O) groups excluding carboxylic acids is 1. The summed E-state index contributed by atoms with van der Waals surface area (Å²) in [6.45, 7) is 8.76. The van der Waals surface area contributed by atoms with Crippen molar-refractivity contribution in [3.8, 4) is 0 Å². The number of nitrogens with zero attached hydrogens (tertiary/aromatic N) is 1. The molecule has 0 radical (unpaired) electrons. The third-order valence-corrected chi connectivity index (χ3v) is 5.27. The van der Waals surface area contributed by atoms with Crippen molar-refractivity contribution in [2.75, 3.05) is 13.1 Å². The summed E-state index contributed by atoms with van der Waals surface area (Å²) in [6, 6.07) is 0.686. The molecule has 104 valence electrons. The summed E-state index contributed by atoms with van der Waals surface area (Å²) < 4.78 is 0. The van der Waals surface area contributed by atoms with Crippen molar-refractivity contribution in [3.05, 3.63) is 0 Å². The molecule has 0 aromatic rings. The molecule has 1 aliphatic carbocycles. The number of ketones is 1. The fraction of sp³-hybridized carbons (Fsp3) is 0.938. The number of Topliss-reactive ketones (excluding diaryl/α,β-unsaturated/α-hetero) is 1. The van der Waals surface area contributed by atoms with Crippen LogP contribution in [0.3, 0.4) is 0 Å². The lowest BCUT2D eigenvalue weighted by Gasteiger charge is -2.38. The van der Waals surface area contributed by atoms with E-state index >= 15 is 0 Å². The Morgan fingerprint density at radius 1 is 0.944 bits per heavy atom. The fourth-order valence-electron chi connectivity index (χ4n) is 3.50. The van der Waals surface area contributed by atoms with Gasteiger partial charge in [-0.3, -0.25) is 9.69 Å². The lowest BCUT2D eigenvalue weighted by atomic mass is 9.84. The van der Waals surface area contributed by atoms with E-state index in [9.17, 15) is 4.79 Å². The Balaban J connectivity index is 1.93. The molecule has 18 heavy (non-hydrogen) atoms. The highest BCUT2D eigenvalue weighted by atomic mass is 16.1. The van der Waals surface area contributed by atoms with Crippen LogP contribution in [-0.4, -0.2) is 29.8 Å². The second-order valence-electron chi connectivity index (χ2n) is 6.87. The standard InChI is InChI=1S/C16H29NO/c1-12-4-6-15(7-5-12)17-9-8-13(2)14(3)10-16(18)11-17/h12-15H,4-11H2,1-3H3. The first-order valence-electron chi connectivity index (χ1n) is 7.82. The van der Waals surface area contributed by atoms with Crippen molar-refractivity contribution in [1.82, 2.24) is 4.90 Å². The molecule has 2 fully saturated rings. The van der Waals surface area contributed by atoms with Crippen LogP contribution in [0.25, 0.3) is 0 Å². The zero-order valence-corrected chi connectivity index (χ0v) is 12.3. The molecular weight excluding hydrogens is 222 g/mol. The number of rotatable bonds is 1. The molecule has 2 rings (SSSR count). The quantitative estimate of drug-likeness (QED) is 0.711. The summed E-state index contributed by atoms with van der Waals surface area (Å²) in [5.41, 5.74) is 0. The minimum absolute atomic E-state index is 0.465. The highest BCUT2D eigenvalue weighted by molar-refractivity contribution is 5.80. The molecule has 1 heterocycles. The summed E-state index contributed by atoms with van der Waals surface area (Å²) in [4.78, 5) is 14.6. The molecule has 2 aliphatic rings. The van der Waals surface area contributed by atoms with Crippen LogP contribution in [-0.2, 0) is 4.79 Å². The third-order valence-electron chi connectivity index (χ3n) is 5.27. The van der Waals surface area contributed by atoms with Gasteiger partial charge in [-0.05, 0) is 56.4 Å². The molecule has 0 bridgehead atoms. The normalized spacial score (nSPS) is 40.3. The molecule has 1 saturated carbocycles. The van der Waals surface area contributed by atoms with Gasteiger partial charge in [-0.15, -0.1) is 0 Å². The van der Waals surface area contributed by atoms with Crippen molar-refractivity contribution in [1.29, 1.82) is 0 Å². The molecule has 1 saturated heterocycles. The average molecular weight is 251 g/mol. The fourth-order valence-corrected chi connectivity index (χ4v) is 3.50. The van der Waals surface area contributed by atoms with E-state index in [2.05, 4.69) is 25.7 Å². The third kappa shape index (κ3) is 3.57. The summed E-state index contributed by atoms with van der Waals surface area (Å²) >= 11 is 0. The highest BCUT2D eigenvalue weighted by Crippen LogP contribution is 2.29. The van der Waals surface area contributed by atoms with Gasteiger partial charge >= 0.3 is 0 Å². The van der Waals surface area contributed by atoms with Gasteiger partial charge in [0.1, 0.15) is 5.78 Å². The van der Waals surface area contributed by atoms with E-state index in [1.54, 1.807) is 0 Å². The molecule has 1 aliphatic heterocycles. The molecule has 2 atom stereocenters. The van der Waals surface area contributed by atoms with Crippen LogP contribution in [0.15, 0.2) is 0 Å². The first-order valence-corrected chi connectivity index (χ1v) is 7.82. The molecule has 0 aromatic carbocycles. The molecule has 0 aromatic heterocycles. The number of carbonyl (C=O) groups is 1. The molecule has 0 spiro atoms. The minimum atomic E-state index is 0.465. The Morgan fingerprint density at radius 3 is 2.28 bits per heavy atom. The van der Waals surface area contributed by atoms with Crippen LogP contribution < -0.4 is 0 Å². The lowest BCUT2D eigenvalue weighted by molar-refractivity contribution is -0.123. The summed E-state index contributed by atoms with van der Waals surface area (Å²) in [5, 5.41) is 0. The maximum Gasteiger partial charge on any atom is 0.147 e. The maximum absolute atomic E-state index is 12.1. The van der Waals surface area contributed by atoms with E-state index in [1.807, 2.05) is 0 Å². The van der Waals surface area contributed by atoms with E-state index in [0.717, 1.165) is 25.4 Å². The van der Waals surface area contributed by atoms with Gasteiger partial charge in [-0.2, -0.15) is 0 Å². The Morgan fingerprint density at radius 2 is 1.61 bits per heavy atom. The molecule has 2 heteroatoms. The van der Waals surface area contributed by atoms with Crippen LogP contribution in [0, 0.1) is 17.8 Å². The number of hydrogen-bond donors (Lipinski definition) is 0. The molecule has 0 N–H and O–H groups in total. The van der Waals surface area contributed by atoms with Crippen molar-refractivity contribution >= 4 is 5.78 Å². The van der Waals surface area contributed by atoms with Crippen LogP contribution in [0.4, 0.5) is 0 Å². The van der Waals surface area contributed by atoms with Gasteiger partial charge in [-0.25, -0.2) is 0 Å². The highest BCUT2D eigenvalue weighted by Gasteiger charge is 2.28. The van der Waals surface area contributed by atoms with Gasteiger partial charge in [0.2, 0.25) is 0 Å². The second-order valence-corrected chi connectivity index (χ2v) is 6.87. The first-order chi connectivity index (χ1) is 8.56. The maximum atomic E-state index is 12.1. The molecule has 2 unspecified atom stereocenters. The molecular formula is C16H29NO. The number of likely N-dealkylation sites (tertiary alicyclic amines) is 1. The smallest absolute Gasteiger partial charge is 0.147 e. The Bertz CT molecular complexity index is 281. The van der Waals surface area contributed by atoms with Gasteiger partial charge in [-0.1, -0.05) is 20.8 Å². The van der Waals surface area contributed by atoms with Crippen LogP contribution >= 0.6 is 0 Å². The molecule has 0 amide bonds. The zero-order valence-electron chi connectivity index (χ0n) is 12.3. The Kier molecular flexibility index (Phi) is 4.83. The van der Waals surface area contributed by atoms with Crippen molar-refractivity contribution < 1.29 is 4.79 Å². The monoisotopic (exact) mass is 251 g/mol. The largest absolute Gasteiger partial charge is 0.298 e. The van der Waals surface area contributed by atoms with E-state index < -0.39 is 0 Å². The van der Waals surface area contributed by atoms with Gasteiger partial charge < -0.3 is 0 Å². The van der Waals surface area contributed by atoms with Crippen molar-refractivity contribution in [3.63, 3.8) is 0 Å². The minimum Gasteiger partial charge on any atom is -0.298 e. The summed E-state index contributed by atoms with van der Waals surface area (Å²) in [5.74, 6) is 2.63. The topological polar surface area (TPSA) is 20.3 Å². The van der Waals surface area contributed by atoms with Crippen LogP contribution in [0.2, 0.25) is 0 Å². The Hall–Kier alpha value is -0.370. The van der Waals surface area contributed by atoms with Crippen LogP contribution in [0.5, 0.6) is 0 Å². The Labute approximate surface area is 112 Å². The average Bonchev–Trinajstić information content (AvgIpc) is 2.33. The van der Waals surface area contributed by atoms with E-state index in [4.69, 9.17) is 0 Å². The van der Waals surface area contributed by atoms with Gasteiger partial charge in [0.05, 0.1) is 6.54 Å².